The molecule has 6 rings (SSSR count). The van der Waals surface area contributed by atoms with Crippen LogP contribution in [0.2, 0.25) is 0 Å². The number of carbonyl (C=O) groups is 2. The summed E-state index contributed by atoms with van der Waals surface area (Å²) in [6.45, 7) is 6.91. The van der Waals surface area contributed by atoms with E-state index < -0.39 is 23.1 Å². The van der Waals surface area contributed by atoms with Crippen molar-refractivity contribution < 1.29 is 24.2 Å². The van der Waals surface area contributed by atoms with Gasteiger partial charge in [-0.3, -0.25) is 9.59 Å². The summed E-state index contributed by atoms with van der Waals surface area (Å²) >= 11 is 0. The molecule has 2 aliphatic carbocycles. The molecule has 1 spiro atoms. The van der Waals surface area contributed by atoms with Crippen molar-refractivity contribution in [3.8, 4) is 23.3 Å². The van der Waals surface area contributed by atoms with Crippen LogP contribution < -0.4 is 9.47 Å². The van der Waals surface area contributed by atoms with E-state index in [0.29, 0.717) is 43.7 Å². The van der Waals surface area contributed by atoms with Crippen LogP contribution in [0.1, 0.15) is 56.7 Å². The maximum Gasteiger partial charge on any atom is 0.308 e. The first kappa shape index (κ1) is 25.9. The van der Waals surface area contributed by atoms with E-state index >= 15 is 0 Å². The second-order valence-corrected chi connectivity index (χ2v) is 12.0. The second-order valence-electron chi connectivity index (χ2n) is 12.0. The number of rotatable bonds is 4. The molecule has 2 fully saturated rings. The van der Waals surface area contributed by atoms with Gasteiger partial charge in [0.05, 0.1) is 17.1 Å². The number of likely N-dealkylation sites (N-methyl/N-ethyl adjacent to an activating group) is 1. The van der Waals surface area contributed by atoms with Crippen molar-refractivity contribution in [1.29, 1.82) is 0 Å². The first-order valence-corrected chi connectivity index (χ1v) is 14.0. The van der Waals surface area contributed by atoms with E-state index in [1.54, 1.807) is 6.07 Å². The molecule has 204 valence electrons. The van der Waals surface area contributed by atoms with E-state index in [-0.39, 0.29) is 23.9 Å². The Bertz CT molecular complexity index is 1380. The third-order valence-electron chi connectivity index (χ3n) is 9.25. The van der Waals surface area contributed by atoms with E-state index in [1.807, 2.05) is 41.3 Å². The molecule has 0 aromatic heterocycles. The van der Waals surface area contributed by atoms with E-state index in [0.717, 1.165) is 23.2 Å². The molecule has 4 aliphatic rings. The molecule has 2 aromatic rings. The predicted octanol–water partition coefficient (Wildman–Crippen LogP) is 3.30. The maximum absolute atomic E-state index is 13.7. The van der Waals surface area contributed by atoms with Gasteiger partial charge in [0.15, 0.2) is 11.5 Å². The molecular weight excluding hydrogens is 492 g/mol. The highest BCUT2D eigenvalue weighted by Crippen LogP contribution is 2.65. The Morgan fingerprint density at radius 3 is 2.69 bits per heavy atom. The molecule has 1 saturated heterocycles. The minimum Gasteiger partial charge on any atom is -0.483 e. The van der Waals surface area contributed by atoms with Gasteiger partial charge in [0.25, 0.3) is 5.91 Å². The average molecular weight is 529 g/mol. The molecule has 2 aromatic carbocycles. The Morgan fingerprint density at radius 1 is 1.21 bits per heavy atom. The summed E-state index contributed by atoms with van der Waals surface area (Å²) in [6.07, 6.45) is 2.08. The molecule has 1 amide bonds. The van der Waals surface area contributed by atoms with Gasteiger partial charge in [0.1, 0.15) is 6.10 Å². The first-order chi connectivity index (χ1) is 18.7. The summed E-state index contributed by atoms with van der Waals surface area (Å²) in [5.41, 5.74) is 1.16. The largest absolute Gasteiger partial charge is 0.483 e. The molecule has 0 unspecified atom stereocenters. The fourth-order valence-corrected chi connectivity index (χ4v) is 7.75. The third kappa shape index (κ3) is 3.88. The molecule has 0 radical (unpaired) electrons. The molecule has 7 heteroatoms. The topological polar surface area (TPSA) is 79.3 Å². The molecule has 2 bridgehead atoms. The second kappa shape index (κ2) is 9.39. The van der Waals surface area contributed by atoms with Crippen molar-refractivity contribution in [3.63, 3.8) is 0 Å². The van der Waals surface area contributed by atoms with E-state index in [1.165, 1.54) is 6.92 Å². The van der Waals surface area contributed by atoms with E-state index in [4.69, 9.17) is 9.47 Å². The van der Waals surface area contributed by atoms with E-state index in [9.17, 15) is 14.7 Å². The molecule has 2 heterocycles. The number of ether oxygens (including phenoxy) is 2. The molecule has 39 heavy (non-hydrogen) atoms. The number of benzene rings is 2. The Morgan fingerprint density at radius 2 is 1.97 bits per heavy atom. The number of esters is 1. The highest BCUT2D eigenvalue weighted by molar-refractivity contribution is 5.94. The fraction of sp³-hybridized carbons (Fsp3) is 0.500. The van der Waals surface area contributed by atoms with Crippen molar-refractivity contribution in [2.24, 2.45) is 5.92 Å². The number of aliphatic hydroxyl groups is 1. The van der Waals surface area contributed by atoms with Crippen molar-refractivity contribution in [2.75, 3.05) is 20.1 Å². The van der Waals surface area contributed by atoms with Crippen LogP contribution in [0.5, 0.6) is 11.5 Å². The molecule has 1 N–H and O–H groups in total. The number of nitrogens with zero attached hydrogens (tertiary/aromatic N) is 2. The van der Waals surface area contributed by atoms with Crippen LogP contribution in [0.15, 0.2) is 42.5 Å². The number of piperidine rings is 1. The van der Waals surface area contributed by atoms with Gasteiger partial charge in [-0.2, -0.15) is 0 Å². The van der Waals surface area contributed by atoms with Crippen LogP contribution in [0, 0.1) is 17.8 Å². The lowest BCUT2D eigenvalue weighted by Crippen LogP contribution is -2.78. The fourth-order valence-electron chi connectivity index (χ4n) is 7.75. The van der Waals surface area contributed by atoms with Gasteiger partial charge in [0, 0.05) is 36.6 Å². The predicted molar refractivity (Wildman–Crippen MR) is 146 cm³/mol. The van der Waals surface area contributed by atoms with Crippen LogP contribution in [-0.4, -0.2) is 70.7 Å². The maximum atomic E-state index is 13.7. The lowest BCUT2D eigenvalue weighted by atomic mass is 9.48. The summed E-state index contributed by atoms with van der Waals surface area (Å²) in [5, 5.41) is 12.6. The quantitative estimate of drug-likeness (QED) is 0.373. The van der Waals surface area contributed by atoms with Crippen LogP contribution in [-0.2, 0) is 21.4 Å². The SMILES string of the molecule is CC(=O)Oc1ccc2c3c1O[C@H]1[C@H](N(CC(C)C)C(=O)C#Cc4ccccc4)CC[C@@]4(O)[C@@H](C2)N(C)CC[C@]314. The summed E-state index contributed by atoms with van der Waals surface area (Å²) in [7, 11) is 2.08. The van der Waals surface area contributed by atoms with Crippen LogP contribution >= 0.6 is 0 Å². The summed E-state index contributed by atoms with van der Waals surface area (Å²) < 4.78 is 12.4. The number of amides is 1. The van der Waals surface area contributed by atoms with Gasteiger partial charge in [-0.05, 0) is 69.0 Å². The zero-order valence-electron chi connectivity index (χ0n) is 23.1. The van der Waals surface area contributed by atoms with Crippen molar-refractivity contribution in [2.45, 2.75) is 75.7 Å². The zero-order chi connectivity index (χ0) is 27.5. The van der Waals surface area contributed by atoms with Gasteiger partial charge in [0.2, 0.25) is 0 Å². The van der Waals surface area contributed by atoms with Gasteiger partial charge < -0.3 is 24.4 Å². The zero-order valence-corrected chi connectivity index (χ0v) is 23.1. The van der Waals surface area contributed by atoms with Gasteiger partial charge in [-0.15, -0.1) is 0 Å². The molecule has 1 saturated carbocycles. The third-order valence-corrected chi connectivity index (χ3v) is 9.25. The highest BCUT2D eigenvalue weighted by Gasteiger charge is 2.73. The molecule has 7 nitrogen and oxygen atoms in total. The average Bonchev–Trinajstić information content (AvgIpc) is 3.25. The molecule has 2 aliphatic heterocycles. The number of hydrogen-bond acceptors (Lipinski definition) is 6. The smallest absolute Gasteiger partial charge is 0.308 e. The first-order valence-electron chi connectivity index (χ1n) is 14.0. The summed E-state index contributed by atoms with van der Waals surface area (Å²) in [5.74, 6) is 6.42. The van der Waals surface area contributed by atoms with Crippen molar-refractivity contribution >= 4 is 11.9 Å². The standard InChI is InChI=1S/C32H36N2O5/c1-20(2)19-34(27(36)13-10-22-8-6-5-7-9-22)24-14-15-32(37)26-18-23-11-12-25(38-21(3)35)29-28(23)31(32,30(24)39-29)16-17-33(26)4/h5-9,11-12,20,24,26,30,37H,14-19H2,1-4H3/t24-,26-,30+,31+,32-/m1/s1. The lowest BCUT2D eigenvalue weighted by Gasteiger charge is -2.64. The number of likely N-dealkylation sites (tertiary alicyclic amines) is 1. The van der Waals surface area contributed by atoms with Gasteiger partial charge in [-0.1, -0.05) is 44.0 Å². The van der Waals surface area contributed by atoms with Crippen molar-refractivity contribution in [1.82, 2.24) is 9.80 Å². The van der Waals surface area contributed by atoms with Crippen LogP contribution in [0.4, 0.5) is 0 Å². The molecule has 5 atom stereocenters. The minimum atomic E-state index is -1.02. The molecular formula is C32H36N2O5. The van der Waals surface area contributed by atoms with E-state index in [2.05, 4.69) is 37.6 Å². The summed E-state index contributed by atoms with van der Waals surface area (Å²) in [4.78, 5) is 29.9. The lowest BCUT2D eigenvalue weighted by molar-refractivity contribution is -0.197. The number of hydrogen-bond donors (Lipinski definition) is 1. The van der Waals surface area contributed by atoms with Crippen LogP contribution in [0.25, 0.3) is 0 Å². The monoisotopic (exact) mass is 528 g/mol. The summed E-state index contributed by atoms with van der Waals surface area (Å²) in [6, 6.07) is 13.0. The highest BCUT2D eigenvalue weighted by atomic mass is 16.6. The van der Waals surface area contributed by atoms with Crippen molar-refractivity contribution in [3.05, 3.63) is 59.2 Å². The van der Waals surface area contributed by atoms with Gasteiger partial charge in [-0.25, -0.2) is 0 Å². The Hall–Kier alpha value is -3.34. The number of carbonyl (C=O) groups excluding carboxylic acids is 2. The Balaban J connectivity index is 1.46. The van der Waals surface area contributed by atoms with Gasteiger partial charge >= 0.3 is 5.97 Å². The van der Waals surface area contributed by atoms with Crippen LogP contribution in [0.3, 0.4) is 0 Å². The Kier molecular flexibility index (Phi) is 6.24. The minimum absolute atomic E-state index is 0.0524. The normalized spacial score (nSPS) is 30.1. The Labute approximate surface area is 230 Å².